The van der Waals surface area contributed by atoms with Crippen molar-refractivity contribution >= 4 is 12.6 Å². The Bertz CT molecular complexity index is 356. The van der Waals surface area contributed by atoms with Gasteiger partial charge in [-0.05, 0) is 18.2 Å². The number of hydrogen-bond donors (Lipinski definition) is 2. The van der Waals surface area contributed by atoms with E-state index in [1.54, 1.807) is 0 Å². The first-order valence-corrected chi connectivity index (χ1v) is 3.14. The molecule has 64 valence electrons. The van der Waals surface area contributed by atoms with Gasteiger partial charge in [0.2, 0.25) is 0 Å². The van der Waals surface area contributed by atoms with Crippen molar-refractivity contribution < 1.29 is 23.3 Å². The summed E-state index contributed by atoms with van der Waals surface area (Å²) in [5, 5.41) is 17.7. The number of rotatable bonds is 2. The zero-order valence-electron chi connectivity index (χ0n) is 8.99. The van der Waals surface area contributed by atoms with Crippen LogP contribution < -0.4 is 10.2 Å². The molecule has 0 amide bonds. The lowest BCUT2D eigenvalue weighted by Gasteiger charge is -2.06. The third-order valence-electron chi connectivity index (χ3n) is 1.36. The number of methoxy groups -OCH3 is 1. The lowest BCUT2D eigenvalue weighted by molar-refractivity contribution is 0.402. The van der Waals surface area contributed by atoms with Gasteiger partial charge in [-0.15, -0.1) is 0 Å². The molecule has 0 aliphatic heterocycles. The third-order valence-corrected chi connectivity index (χ3v) is 1.36. The quantitative estimate of drug-likeness (QED) is 0.598. The normalized spacial score (nSPS) is 14.4. The van der Waals surface area contributed by atoms with E-state index in [-0.39, 0.29) is 11.2 Å². The molecule has 2 N–H and O–H groups in total. The molecule has 5 heteroatoms. The predicted octanol–water partition coefficient (Wildman–Crippen LogP) is -0.486. The van der Waals surface area contributed by atoms with Gasteiger partial charge in [0.05, 0.1) is 11.2 Å². The molecule has 0 saturated heterocycles. The second kappa shape index (κ2) is 3.56. The van der Waals surface area contributed by atoms with Crippen LogP contribution in [0.15, 0.2) is 18.2 Å². The summed E-state index contributed by atoms with van der Waals surface area (Å²) >= 11 is 0. The molecule has 0 bridgehead atoms. The highest BCUT2D eigenvalue weighted by Gasteiger charge is 2.17. The Labute approximate surface area is 73.8 Å². The van der Waals surface area contributed by atoms with Gasteiger partial charge in [0.15, 0.2) is 0 Å². The zero-order valence-corrected chi connectivity index (χ0v) is 5.99. The highest BCUT2D eigenvalue weighted by atomic mass is 19.1. The van der Waals surface area contributed by atoms with E-state index in [0.29, 0.717) is 0 Å². The smallest absolute Gasteiger partial charge is 0.492 e. The number of halogens is 1. The fourth-order valence-electron chi connectivity index (χ4n) is 0.814. The minimum Gasteiger partial charge on any atom is -0.497 e. The van der Waals surface area contributed by atoms with Crippen molar-refractivity contribution in [3.05, 3.63) is 24.0 Å². The van der Waals surface area contributed by atoms with Gasteiger partial charge >= 0.3 is 7.12 Å². The van der Waals surface area contributed by atoms with Crippen LogP contribution in [0.4, 0.5) is 4.39 Å². The van der Waals surface area contributed by atoms with E-state index in [2.05, 4.69) is 4.74 Å². The van der Waals surface area contributed by atoms with Crippen molar-refractivity contribution in [2.75, 3.05) is 7.04 Å². The van der Waals surface area contributed by atoms with E-state index in [9.17, 15) is 4.39 Å². The molecule has 1 aromatic carbocycles. The van der Waals surface area contributed by atoms with Crippen LogP contribution in [0, 0.1) is 5.82 Å². The molecule has 12 heavy (non-hydrogen) atoms. The standard InChI is InChI=1S/C7H8BFO3/c1-12-7-3-2-5(9)4-6(7)8(10)11/h2-4,10-11H,1H3/i1T3. The molecule has 0 aliphatic rings. The fourth-order valence-corrected chi connectivity index (χ4v) is 0.814. The van der Waals surface area contributed by atoms with E-state index < -0.39 is 20.0 Å². The summed E-state index contributed by atoms with van der Waals surface area (Å²) in [5.74, 6) is -0.998. The van der Waals surface area contributed by atoms with Crippen LogP contribution in [-0.2, 0) is 0 Å². The van der Waals surface area contributed by atoms with Crippen molar-refractivity contribution in [2.24, 2.45) is 0 Å². The summed E-state index contributed by atoms with van der Waals surface area (Å²) in [6.07, 6.45) is 0. The minimum absolute atomic E-state index is 0.286. The fraction of sp³-hybridized carbons (Fsp3) is 0.143. The van der Waals surface area contributed by atoms with Crippen LogP contribution in [0.25, 0.3) is 0 Å². The van der Waals surface area contributed by atoms with Gasteiger partial charge < -0.3 is 14.8 Å². The Hall–Kier alpha value is -1.07. The average Bonchev–Trinajstić information content (AvgIpc) is 2.05. The minimum atomic E-state index is -2.72. The van der Waals surface area contributed by atoms with Crippen LogP contribution in [0.2, 0.25) is 0 Å². The summed E-state index contributed by atoms with van der Waals surface area (Å²) in [6.45, 7) is 0. The average molecular weight is 176 g/mol. The molecule has 0 aromatic heterocycles. The van der Waals surface area contributed by atoms with Crippen LogP contribution in [-0.4, -0.2) is 24.2 Å². The number of ether oxygens (including phenoxy) is 1. The lowest BCUT2D eigenvalue weighted by Crippen LogP contribution is -2.31. The Morgan fingerprint density at radius 2 is 2.33 bits per heavy atom. The van der Waals surface area contributed by atoms with Gasteiger partial charge in [-0.1, -0.05) is 0 Å². The first kappa shape index (κ1) is 5.56. The van der Waals surface area contributed by atoms with Crippen molar-refractivity contribution in [1.29, 1.82) is 0 Å². The second-order valence-corrected chi connectivity index (χ2v) is 2.16. The topological polar surface area (TPSA) is 49.7 Å². The number of hydrogen-bond acceptors (Lipinski definition) is 3. The molecular formula is C7H8BFO3. The first-order valence-electron chi connectivity index (χ1n) is 4.64. The van der Waals surface area contributed by atoms with Crippen molar-refractivity contribution in [3.63, 3.8) is 0 Å². The van der Waals surface area contributed by atoms with E-state index in [0.717, 1.165) is 18.2 Å². The molecule has 0 aliphatic carbocycles. The summed E-state index contributed by atoms with van der Waals surface area (Å²) < 4.78 is 37.6. The first-order chi connectivity index (χ1) is 6.79. The third kappa shape index (κ3) is 1.75. The van der Waals surface area contributed by atoms with Gasteiger partial charge in [-0.25, -0.2) is 4.39 Å². The van der Waals surface area contributed by atoms with Crippen LogP contribution >= 0.6 is 0 Å². The van der Waals surface area contributed by atoms with Crippen LogP contribution in [0.1, 0.15) is 4.11 Å². The van der Waals surface area contributed by atoms with E-state index in [4.69, 9.17) is 14.2 Å². The summed E-state index contributed by atoms with van der Waals surface area (Å²) in [5.41, 5.74) is -0.328. The molecular weight excluding hydrogens is 162 g/mol. The molecule has 3 nitrogen and oxygen atoms in total. The Kier molecular flexibility index (Phi) is 1.65. The van der Waals surface area contributed by atoms with Crippen LogP contribution in [0.5, 0.6) is 5.75 Å². The van der Waals surface area contributed by atoms with Crippen molar-refractivity contribution in [3.8, 4) is 5.75 Å². The molecule has 0 radical (unpaired) electrons. The molecule has 0 spiro atoms. The maximum absolute atomic E-state index is 12.7. The number of benzene rings is 1. The largest absolute Gasteiger partial charge is 0.497 e. The van der Waals surface area contributed by atoms with Gasteiger partial charge in [0.1, 0.15) is 11.6 Å². The van der Waals surface area contributed by atoms with E-state index in [1.807, 2.05) is 0 Å². The highest BCUT2D eigenvalue weighted by Crippen LogP contribution is 2.08. The summed E-state index contributed by atoms with van der Waals surface area (Å²) in [4.78, 5) is 0. The van der Waals surface area contributed by atoms with Gasteiger partial charge in [0.25, 0.3) is 0 Å². The molecule has 1 rings (SSSR count). The maximum atomic E-state index is 12.7. The summed E-state index contributed by atoms with van der Waals surface area (Å²) in [6, 6.07) is 2.79. The lowest BCUT2D eigenvalue weighted by atomic mass is 9.79. The summed E-state index contributed by atoms with van der Waals surface area (Å²) in [7, 11) is -4.71. The van der Waals surface area contributed by atoms with Crippen molar-refractivity contribution in [2.45, 2.75) is 0 Å². The maximum Gasteiger partial charge on any atom is 0.492 e. The Morgan fingerprint density at radius 1 is 1.58 bits per heavy atom. The molecule has 0 fully saturated rings. The van der Waals surface area contributed by atoms with Gasteiger partial charge in [-0.2, -0.15) is 0 Å². The van der Waals surface area contributed by atoms with Crippen LogP contribution in [0.3, 0.4) is 0 Å². The zero-order chi connectivity index (χ0) is 11.6. The van der Waals surface area contributed by atoms with Gasteiger partial charge in [-0.3, -0.25) is 0 Å². The molecule has 0 heterocycles. The molecule has 0 atom stereocenters. The monoisotopic (exact) mass is 176 g/mol. The van der Waals surface area contributed by atoms with E-state index >= 15 is 0 Å². The SMILES string of the molecule is [3H]C([3H])([3H])Oc1ccc(F)cc1B(O)O. The molecule has 1 aromatic rings. The Balaban J connectivity index is 3.06. The Morgan fingerprint density at radius 3 is 2.92 bits per heavy atom. The van der Waals surface area contributed by atoms with Crippen molar-refractivity contribution in [1.82, 2.24) is 0 Å². The predicted molar refractivity (Wildman–Crippen MR) is 42.8 cm³/mol. The second-order valence-electron chi connectivity index (χ2n) is 2.16. The van der Waals surface area contributed by atoms with E-state index in [1.165, 1.54) is 0 Å². The molecule has 0 saturated carbocycles. The molecule has 0 unspecified atom stereocenters. The van der Waals surface area contributed by atoms with Gasteiger partial charge in [0, 0.05) is 5.46 Å². The highest BCUT2D eigenvalue weighted by molar-refractivity contribution is 6.59.